The summed E-state index contributed by atoms with van der Waals surface area (Å²) in [7, 11) is 0. The predicted molar refractivity (Wildman–Crippen MR) is 79.8 cm³/mol. The van der Waals surface area contributed by atoms with Crippen LogP contribution in [0.15, 0.2) is 28.3 Å². The molecule has 106 valence electrons. The first-order valence-corrected chi connectivity index (χ1v) is 7.27. The highest BCUT2D eigenvalue weighted by Gasteiger charge is 2.27. The first-order valence-electron chi connectivity index (χ1n) is 6.45. The van der Waals surface area contributed by atoms with Crippen molar-refractivity contribution < 1.29 is 9.59 Å². The van der Waals surface area contributed by atoms with Crippen molar-refractivity contribution in [3.8, 4) is 0 Å². The van der Waals surface area contributed by atoms with Crippen LogP contribution in [0.1, 0.15) is 27.3 Å². The van der Waals surface area contributed by atoms with Crippen LogP contribution in [0, 0.1) is 20.8 Å². The molecule has 1 N–H and O–H groups in total. The molecule has 2 heterocycles. The van der Waals surface area contributed by atoms with Gasteiger partial charge in [0.25, 0.3) is 11.7 Å². The molecule has 0 unspecified atom stereocenters. The number of nitrogens with one attached hydrogen (secondary N) is 1. The lowest BCUT2D eigenvalue weighted by atomic mass is 10.1. The molecular formula is C15H13N3O2S. The Hall–Kier alpha value is -2.21. The fourth-order valence-electron chi connectivity index (χ4n) is 2.08. The normalized spacial score (nSPS) is 13.3. The molecule has 5 nitrogen and oxygen atoms in total. The van der Waals surface area contributed by atoms with Crippen molar-refractivity contribution in [3.05, 3.63) is 40.7 Å². The summed E-state index contributed by atoms with van der Waals surface area (Å²) in [6.07, 6.45) is 0. The number of benzene rings is 1. The van der Waals surface area contributed by atoms with Gasteiger partial charge in [0.05, 0.1) is 11.3 Å². The van der Waals surface area contributed by atoms with Crippen molar-refractivity contribution >= 4 is 29.1 Å². The first-order chi connectivity index (χ1) is 9.95. The number of hydrogen-bond acceptors (Lipinski definition) is 5. The van der Waals surface area contributed by atoms with Gasteiger partial charge in [-0.1, -0.05) is 0 Å². The second-order valence-electron chi connectivity index (χ2n) is 4.89. The third kappa shape index (κ3) is 2.42. The van der Waals surface area contributed by atoms with E-state index < -0.39 is 11.7 Å². The number of rotatable bonds is 2. The van der Waals surface area contributed by atoms with Crippen molar-refractivity contribution in [1.82, 2.24) is 9.97 Å². The maximum atomic E-state index is 11.5. The summed E-state index contributed by atoms with van der Waals surface area (Å²) in [6, 6.07) is 5.23. The van der Waals surface area contributed by atoms with Gasteiger partial charge >= 0.3 is 0 Å². The minimum absolute atomic E-state index is 0.418. The zero-order chi connectivity index (χ0) is 15.1. The Kier molecular flexibility index (Phi) is 3.25. The van der Waals surface area contributed by atoms with Crippen molar-refractivity contribution in [1.29, 1.82) is 0 Å². The van der Waals surface area contributed by atoms with Gasteiger partial charge in [0, 0.05) is 16.3 Å². The van der Waals surface area contributed by atoms with Gasteiger partial charge in [-0.3, -0.25) is 9.59 Å². The fourth-order valence-corrected chi connectivity index (χ4v) is 2.97. The van der Waals surface area contributed by atoms with Gasteiger partial charge in [0.2, 0.25) is 0 Å². The van der Waals surface area contributed by atoms with Gasteiger partial charge in [0.15, 0.2) is 5.16 Å². The van der Waals surface area contributed by atoms with E-state index in [2.05, 4.69) is 15.3 Å². The van der Waals surface area contributed by atoms with Crippen LogP contribution in [0.2, 0.25) is 0 Å². The highest BCUT2D eigenvalue weighted by atomic mass is 32.2. The Bertz CT molecular complexity index is 763. The summed E-state index contributed by atoms with van der Waals surface area (Å²) in [6.45, 7) is 5.90. The molecule has 0 atom stereocenters. The van der Waals surface area contributed by atoms with E-state index in [9.17, 15) is 9.59 Å². The van der Waals surface area contributed by atoms with Crippen molar-refractivity contribution in [2.75, 3.05) is 5.32 Å². The molecule has 21 heavy (non-hydrogen) atoms. The Labute approximate surface area is 126 Å². The number of hydrogen-bond donors (Lipinski definition) is 1. The molecule has 1 aromatic carbocycles. The number of aryl methyl sites for hydroxylation is 2. The van der Waals surface area contributed by atoms with E-state index in [0.29, 0.717) is 16.4 Å². The Balaban J connectivity index is 1.92. The number of anilines is 1. The summed E-state index contributed by atoms with van der Waals surface area (Å²) in [5.74, 6) is -1.06. The maximum absolute atomic E-state index is 11.5. The van der Waals surface area contributed by atoms with E-state index >= 15 is 0 Å². The van der Waals surface area contributed by atoms with Crippen LogP contribution in [-0.2, 0) is 4.79 Å². The van der Waals surface area contributed by atoms with E-state index in [-0.39, 0.29) is 0 Å². The molecule has 0 aliphatic carbocycles. The second kappa shape index (κ2) is 4.96. The van der Waals surface area contributed by atoms with Crippen LogP contribution < -0.4 is 5.32 Å². The molecule has 3 rings (SSSR count). The van der Waals surface area contributed by atoms with Gasteiger partial charge in [-0.15, -0.1) is 0 Å². The molecular weight excluding hydrogens is 286 g/mol. The fraction of sp³-hybridized carbons (Fsp3) is 0.200. The highest BCUT2D eigenvalue weighted by Crippen LogP contribution is 2.32. The molecule has 0 fully saturated rings. The van der Waals surface area contributed by atoms with Crippen LogP contribution >= 0.6 is 11.8 Å². The van der Waals surface area contributed by atoms with Crippen LogP contribution in [0.3, 0.4) is 0 Å². The van der Waals surface area contributed by atoms with Crippen LogP contribution in [0.25, 0.3) is 0 Å². The number of fused-ring (bicyclic) bond motifs is 1. The van der Waals surface area contributed by atoms with Gasteiger partial charge in [-0.25, -0.2) is 9.97 Å². The average molecular weight is 299 g/mol. The number of amides is 1. The molecule has 1 amide bonds. The molecule has 6 heteroatoms. The van der Waals surface area contributed by atoms with Gasteiger partial charge in [-0.05, 0) is 56.3 Å². The predicted octanol–water partition coefficient (Wildman–Crippen LogP) is 2.69. The molecule has 1 aliphatic heterocycles. The summed E-state index contributed by atoms with van der Waals surface area (Å²) >= 11 is 1.41. The van der Waals surface area contributed by atoms with Crippen LogP contribution in [0.4, 0.5) is 5.69 Å². The minimum atomic E-state index is -0.578. The molecule has 2 aromatic rings. The Morgan fingerprint density at radius 1 is 1.05 bits per heavy atom. The second-order valence-corrected chi connectivity index (χ2v) is 5.94. The zero-order valence-corrected chi connectivity index (χ0v) is 12.7. The van der Waals surface area contributed by atoms with Crippen LogP contribution in [-0.4, -0.2) is 21.7 Å². The Morgan fingerprint density at radius 3 is 2.38 bits per heavy atom. The number of nitrogens with zero attached hydrogens (tertiary/aromatic N) is 2. The summed E-state index contributed by atoms with van der Waals surface area (Å²) in [5, 5.41) is 3.22. The number of ketones is 1. The monoisotopic (exact) mass is 299 g/mol. The molecule has 0 radical (unpaired) electrons. The summed E-state index contributed by atoms with van der Waals surface area (Å²) < 4.78 is 0. The van der Waals surface area contributed by atoms with Crippen molar-refractivity contribution in [3.63, 3.8) is 0 Å². The molecule has 0 saturated carbocycles. The van der Waals surface area contributed by atoms with Gasteiger partial charge in [-0.2, -0.15) is 0 Å². The molecule has 0 saturated heterocycles. The zero-order valence-electron chi connectivity index (χ0n) is 11.9. The lowest BCUT2D eigenvalue weighted by molar-refractivity contribution is -0.112. The van der Waals surface area contributed by atoms with Crippen LogP contribution in [0.5, 0.6) is 0 Å². The lowest BCUT2D eigenvalue weighted by Crippen LogP contribution is -2.12. The number of carbonyl (C=O) groups excluding carboxylic acids is 2. The summed E-state index contributed by atoms with van der Waals surface area (Å²) in [4.78, 5) is 32.7. The lowest BCUT2D eigenvalue weighted by Gasteiger charge is -2.07. The van der Waals surface area contributed by atoms with E-state index in [1.165, 1.54) is 11.8 Å². The Morgan fingerprint density at radius 2 is 1.71 bits per heavy atom. The molecule has 0 spiro atoms. The quantitative estimate of drug-likeness (QED) is 0.682. The third-order valence-electron chi connectivity index (χ3n) is 3.51. The van der Waals surface area contributed by atoms with Crippen molar-refractivity contribution in [2.24, 2.45) is 0 Å². The topological polar surface area (TPSA) is 72.0 Å². The maximum Gasteiger partial charge on any atom is 0.296 e. The molecule has 1 aliphatic rings. The number of aromatic nitrogens is 2. The third-order valence-corrected chi connectivity index (χ3v) is 4.37. The number of Topliss-reactive ketones (excluding diaryl/α,β-unsaturated/α-hetero) is 1. The van der Waals surface area contributed by atoms with E-state index in [4.69, 9.17) is 0 Å². The smallest absolute Gasteiger partial charge is 0.296 e. The SMILES string of the molecule is Cc1nc(Sc2ccc3c(c2)NC(=O)C3=O)nc(C)c1C. The number of carbonyl (C=O) groups is 2. The molecule has 1 aromatic heterocycles. The van der Waals surface area contributed by atoms with E-state index in [0.717, 1.165) is 21.8 Å². The van der Waals surface area contributed by atoms with E-state index in [1.807, 2.05) is 20.8 Å². The van der Waals surface area contributed by atoms with Gasteiger partial charge in [0.1, 0.15) is 0 Å². The average Bonchev–Trinajstić information content (AvgIpc) is 2.71. The van der Waals surface area contributed by atoms with Crippen molar-refractivity contribution in [2.45, 2.75) is 30.8 Å². The standard InChI is InChI=1S/C15H13N3O2S/c1-7-8(2)16-15(17-9(7)3)21-10-4-5-11-12(6-10)18-14(20)13(11)19/h4-6H,1-3H3,(H,18,19,20). The minimum Gasteiger partial charge on any atom is -0.318 e. The molecule has 0 bridgehead atoms. The summed E-state index contributed by atoms with van der Waals surface area (Å²) in [5.41, 5.74) is 3.97. The van der Waals surface area contributed by atoms with Gasteiger partial charge < -0.3 is 5.32 Å². The first kappa shape index (κ1) is 13.8. The largest absolute Gasteiger partial charge is 0.318 e. The van der Waals surface area contributed by atoms with E-state index in [1.54, 1.807) is 18.2 Å². The highest BCUT2D eigenvalue weighted by molar-refractivity contribution is 7.99.